The number of hydrogen-bond acceptors (Lipinski definition) is 8. The minimum Gasteiger partial charge on any atom is -0.468 e. The Labute approximate surface area is 104 Å². The number of ether oxygens (including phenoxy) is 1. The van der Waals surface area contributed by atoms with Crippen LogP contribution in [0.1, 0.15) is 12.2 Å². The summed E-state index contributed by atoms with van der Waals surface area (Å²) in [6, 6.07) is -0.841. The van der Waals surface area contributed by atoms with E-state index in [1.54, 1.807) is 0 Å². The van der Waals surface area contributed by atoms with Crippen molar-refractivity contribution in [2.45, 2.75) is 18.9 Å². The van der Waals surface area contributed by atoms with Crippen molar-refractivity contribution in [2.24, 2.45) is 5.73 Å². The van der Waals surface area contributed by atoms with Gasteiger partial charge in [-0.25, -0.2) is 4.21 Å². The van der Waals surface area contributed by atoms with Gasteiger partial charge >= 0.3 is 5.97 Å². The first kappa shape index (κ1) is 14.5. The van der Waals surface area contributed by atoms with E-state index < -0.39 is 21.7 Å². The Morgan fingerprint density at radius 2 is 2.33 bits per heavy atom. The third-order valence-corrected chi connectivity index (χ3v) is 4.07. The minimum atomic E-state index is -2.80. The van der Waals surface area contributed by atoms with Crippen molar-refractivity contribution in [3.8, 4) is 0 Å². The van der Waals surface area contributed by atoms with Crippen LogP contribution in [0.25, 0.3) is 0 Å². The Morgan fingerprint density at radius 3 is 2.89 bits per heavy atom. The molecule has 4 N–H and O–H groups in total. The first-order valence-electron chi connectivity index (χ1n) is 5.24. The van der Waals surface area contributed by atoms with Crippen LogP contribution in [-0.4, -0.2) is 55.5 Å². The Balaban J connectivity index is 2.38. The van der Waals surface area contributed by atoms with Crippen LogP contribution >= 0.6 is 0 Å². The molecular weight excluding hydrogens is 260 g/mol. The molecule has 102 valence electrons. The Bertz CT molecular complexity index is 471. The number of carbonyl (C=O) groups excluding carboxylic acids is 1. The van der Waals surface area contributed by atoms with Gasteiger partial charge in [0.15, 0.2) is 5.82 Å². The predicted molar refractivity (Wildman–Crippen MR) is 63.1 cm³/mol. The summed E-state index contributed by atoms with van der Waals surface area (Å²) in [5.74, 6) is -0.00253. The molecule has 2 atom stereocenters. The van der Waals surface area contributed by atoms with Crippen LogP contribution in [0.4, 0.5) is 0 Å². The van der Waals surface area contributed by atoms with Crippen LogP contribution < -0.4 is 5.73 Å². The predicted octanol–water partition coefficient (Wildman–Crippen LogP) is -1.32. The lowest BCUT2D eigenvalue weighted by atomic mass is 10.2. The van der Waals surface area contributed by atoms with E-state index in [9.17, 15) is 9.00 Å². The molecule has 0 saturated carbocycles. The standard InChI is InChI=1S/C8H16N6O3S/c1-17-8(15)6(9)2-4-18(10,16)5-3-7-11-13-14-12-7/h6,10H,2-5,9H2,1H3,(H,11,12,13,14)/t6-,18?/m0/s1. The first-order chi connectivity index (χ1) is 8.44. The molecule has 0 saturated heterocycles. The van der Waals surface area contributed by atoms with E-state index in [1.165, 1.54) is 7.11 Å². The fourth-order valence-corrected chi connectivity index (χ4v) is 2.58. The monoisotopic (exact) mass is 276 g/mol. The van der Waals surface area contributed by atoms with Gasteiger partial charge in [0, 0.05) is 27.7 Å². The first-order valence-corrected chi connectivity index (χ1v) is 7.14. The molecule has 10 heteroatoms. The van der Waals surface area contributed by atoms with E-state index in [2.05, 4.69) is 25.4 Å². The number of aryl methyl sites for hydroxylation is 1. The van der Waals surface area contributed by atoms with Gasteiger partial charge in [0.25, 0.3) is 0 Å². The lowest BCUT2D eigenvalue weighted by molar-refractivity contribution is -0.142. The van der Waals surface area contributed by atoms with E-state index in [-0.39, 0.29) is 17.9 Å². The second-order valence-electron chi connectivity index (χ2n) is 3.72. The molecular formula is C8H16N6O3S. The van der Waals surface area contributed by atoms with Gasteiger partial charge in [-0.05, 0) is 6.42 Å². The molecule has 0 amide bonds. The molecule has 1 heterocycles. The largest absolute Gasteiger partial charge is 0.468 e. The second kappa shape index (κ2) is 6.40. The average molecular weight is 276 g/mol. The van der Waals surface area contributed by atoms with Crippen molar-refractivity contribution in [3.05, 3.63) is 5.82 Å². The molecule has 9 nitrogen and oxygen atoms in total. The van der Waals surface area contributed by atoms with Gasteiger partial charge < -0.3 is 10.5 Å². The molecule has 1 rings (SSSR count). The maximum Gasteiger partial charge on any atom is 0.322 e. The van der Waals surface area contributed by atoms with Crippen LogP contribution in [0.15, 0.2) is 0 Å². The zero-order valence-electron chi connectivity index (χ0n) is 9.96. The van der Waals surface area contributed by atoms with Crippen LogP contribution in [0.2, 0.25) is 0 Å². The van der Waals surface area contributed by atoms with Crippen molar-refractivity contribution in [2.75, 3.05) is 18.6 Å². The number of H-pyrrole nitrogens is 1. The summed E-state index contributed by atoms with van der Waals surface area (Å²) in [7, 11) is -1.57. The van der Waals surface area contributed by atoms with E-state index in [1.807, 2.05) is 0 Å². The zero-order valence-corrected chi connectivity index (χ0v) is 10.8. The van der Waals surface area contributed by atoms with Crippen LogP contribution in [0.3, 0.4) is 0 Å². The highest BCUT2D eigenvalue weighted by Crippen LogP contribution is 2.02. The van der Waals surface area contributed by atoms with Crippen molar-refractivity contribution in [3.63, 3.8) is 0 Å². The van der Waals surface area contributed by atoms with Gasteiger partial charge in [-0.3, -0.25) is 9.57 Å². The third-order valence-electron chi connectivity index (χ3n) is 2.31. The summed E-state index contributed by atoms with van der Waals surface area (Å²) in [4.78, 5) is 11.0. The number of nitrogens with one attached hydrogen (secondary N) is 2. The fraction of sp³-hybridized carbons (Fsp3) is 0.750. The lowest BCUT2D eigenvalue weighted by Gasteiger charge is -2.10. The fourth-order valence-electron chi connectivity index (χ4n) is 1.23. The number of rotatable bonds is 7. The number of tetrazole rings is 1. The topological polar surface area (TPSA) is 148 Å². The van der Waals surface area contributed by atoms with Crippen molar-refractivity contribution >= 4 is 15.7 Å². The molecule has 1 aromatic heterocycles. The Kier molecular flexibility index (Phi) is 5.16. The molecule has 0 aliphatic rings. The highest BCUT2D eigenvalue weighted by Gasteiger charge is 2.17. The van der Waals surface area contributed by atoms with Crippen molar-refractivity contribution in [1.82, 2.24) is 20.6 Å². The van der Waals surface area contributed by atoms with E-state index >= 15 is 0 Å². The quantitative estimate of drug-likeness (QED) is 0.523. The van der Waals surface area contributed by atoms with Gasteiger partial charge in [-0.1, -0.05) is 5.21 Å². The Hall–Kier alpha value is -1.55. The number of carbonyl (C=O) groups is 1. The Morgan fingerprint density at radius 1 is 1.61 bits per heavy atom. The molecule has 0 spiro atoms. The molecule has 0 aliphatic heterocycles. The zero-order chi connectivity index (χ0) is 13.6. The van der Waals surface area contributed by atoms with Crippen LogP contribution in [0, 0.1) is 4.78 Å². The number of nitrogens with two attached hydrogens (primary N) is 1. The van der Waals surface area contributed by atoms with Gasteiger partial charge in [0.2, 0.25) is 0 Å². The summed E-state index contributed by atoms with van der Waals surface area (Å²) in [6.07, 6.45) is 0.452. The number of aromatic nitrogens is 4. The molecule has 0 aliphatic carbocycles. The van der Waals surface area contributed by atoms with Crippen LogP contribution in [-0.2, 0) is 25.7 Å². The number of esters is 1. The van der Waals surface area contributed by atoms with E-state index in [4.69, 9.17) is 10.5 Å². The average Bonchev–Trinajstić information content (AvgIpc) is 2.86. The van der Waals surface area contributed by atoms with Gasteiger partial charge in [-0.15, -0.1) is 10.2 Å². The van der Waals surface area contributed by atoms with Gasteiger partial charge in [0.05, 0.1) is 7.11 Å². The lowest BCUT2D eigenvalue weighted by Crippen LogP contribution is -2.33. The summed E-state index contributed by atoms with van der Waals surface area (Å²) in [5.41, 5.74) is 5.50. The van der Waals surface area contributed by atoms with Gasteiger partial charge in [0.1, 0.15) is 6.04 Å². The number of methoxy groups -OCH3 is 1. The highest BCUT2D eigenvalue weighted by atomic mass is 32.2. The van der Waals surface area contributed by atoms with Crippen LogP contribution in [0.5, 0.6) is 0 Å². The van der Waals surface area contributed by atoms with E-state index in [0.717, 1.165) is 0 Å². The summed E-state index contributed by atoms with van der Waals surface area (Å²) in [6.45, 7) is 0. The molecule has 0 bridgehead atoms. The molecule has 0 fully saturated rings. The number of hydrogen-bond donors (Lipinski definition) is 3. The van der Waals surface area contributed by atoms with Gasteiger partial charge in [-0.2, -0.15) is 5.21 Å². The molecule has 0 aromatic carbocycles. The number of nitrogens with zero attached hydrogens (tertiary/aromatic N) is 3. The third kappa shape index (κ3) is 4.75. The van der Waals surface area contributed by atoms with E-state index in [0.29, 0.717) is 12.2 Å². The summed E-state index contributed by atoms with van der Waals surface area (Å²) < 4.78 is 24.0. The summed E-state index contributed by atoms with van der Waals surface area (Å²) >= 11 is 0. The number of aromatic amines is 1. The maximum atomic E-state index is 11.9. The SMILES string of the molecule is COC(=O)[C@@H](N)CCS(=N)(=O)CCc1nn[nH]n1. The minimum absolute atomic E-state index is 0.0428. The second-order valence-corrected chi connectivity index (χ2v) is 6.16. The smallest absolute Gasteiger partial charge is 0.322 e. The molecule has 18 heavy (non-hydrogen) atoms. The molecule has 1 aromatic rings. The van der Waals surface area contributed by atoms with Crippen molar-refractivity contribution in [1.29, 1.82) is 4.78 Å². The normalized spacial score (nSPS) is 15.9. The van der Waals surface area contributed by atoms with Crippen molar-refractivity contribution < 1.29 is 13.7 Å². The molecule has 0 radical (unpaired) electrons. The summed E-state index contributed by atoms with van der Waals surface area (Å²) in [5, 5.41) is 13.0. The maximum absolute atomic E-state index is 11.9. The highest BCUT2D eigenvalue weighted by molar-refractivity contribution is 7.92. The molecule has 1 unspecified atom stereocenters.